The van der Waals surface area contributed by atoms with Crippen LogP contribution >= 0.6 is 0 Å². The molecule has 1 rings (SSSR count). The molecule has 0 heterocycles. The van der Waals surface area contributed by atoms with Gasteiger partial charge < -0.3 is 10.2 Å². The van der Waals surface area contributed by atoms with E-state index in [1.54, 1.807) is 0 Å². The Morgan fingerprint density at radius 3 is 1.67 bits per heavy atom. The summed E-state index contributed by atoms with van der Waals surface area (Å²) in [6.07, 6.45) is 6.45. The molecule has 0 bridgehead atoms. The first-order valence-corrected chi connectivity index (χ1v) is 5.82. The Morgan fingerprint density at radius 2 is 1.47 bits per heavy atom. The molecule has 1 fully saturated rings. The third kappa shape index (κ3) is 9.73. The van der Waals surface area contributed by atoms with Crippen molar-refractivity contribution in [2.75, 3.05) is 0 Å². The van der Waals surface area contributed by atoms with Crippen molar-refractivity contribution in [1.82, 2.24) is 0 Å². The molecular formula is C12H26O3. The maximum absolute atomic E-state index is 9.64. The molecule has 0 radical (unpaired) electrons. The Kier molecular flexibility index (Phi) is 11.2. The van der Waals surface area contributed by atoms with Gasteiger partial charge in [0.25, 0.3) is 6.47 Å². The standard InChI is InChI=1S/C9H18O.C2H6.CH2O2/c1-9(2,10)8-6-4-3-5-7-8;1-2;2-1-3/h8,10H,3-7H2,1-2H3;1-2H3;1H,(H,2,3). The summed E-state index contributed by atoms with van der Waals surface area (Å²) in [5.41, 5.74) is -0.430. The summed E-state index contributed by atoms with van der Waals surface area (Å²) in [6.45, 7) is 7.62. The van der Waals surface area contributed by atoms with Crippen LogP contribution in [0.2, 0.25) is 0 Å². The Bertz CT molecular complexity index is 132. The molecule has 1 aliphatic carbocycles. The fourth-order valence-electron chi connectivity index (χ4n) is 1.81. The first-order chi connectivity index (χ1) is 7.02. The topological polar surface area (TPSA) is 57.5 Å². The summed E-state index contributed by atoms with van der Waals surface area (Å²) in [5, 5.41) is 16.5. The molecule has 0 unspecified atom stereocenters. The van der Waals surface area contributed by atoms with Crippen molar-refractivity contribution in [3.05, 3.63) is 0 Å². The van der Waals surface area contributed by atoms with Crippen LogP contribution in [-0.2, 0) is 4.79 Å². The zero-order valence-electron chi connectivity index (χ0n) is 10.5. The predicted molar refractivity (Wildman–Crippen MR) is 62.9 cm³/mol. The molecule has 0 amide bonds. The fourth-order valence-corrected chi connectivity index (χ4v) is 1.81. The first-order valence-electron chi connectivity index (χ1n) is 5.82. The Hall–Kier alpha value is -0.570. The van der Waals surface area contributed by atoms with Gasteiger partial charge in [-0.05, 0) is 32.6 Å². The Labute approximate surface area is 93.5 Å². The second-order valence-corrected chi connectivity index (χ2v) is 4.09. The van der Waals surface area contributed by atoms with Crippen LogP contribution in [-0.4, -0.2) is 22.3 Å². The molecule has 3 heteroatoms. The zero-order valence-corrected chi connectivity index (χ0v) is 10.5. The van der Waals surface area contributed by atoms with Crippen LogP contribution in [0, 0.1) is 5.92 Å². The largest absolute Gasteiger partial charge is 0.483 e. The van der Waals surface area contributed by atoms with Crippen molar-refractivity contribution in [3.63, 3.8) is 0 Å². The van der Waals surface area contributed by atoms with Gasteiger partial charge in [0.1, 0.15) is 0 Å². The molecule has 92 valence electrons. The minimum Gasteiger partial charge on any atom is -0.483 e. The minimum absolute atomic E-state index is 0.250. The number of rotatable bonds is 1. The highest BCUT2D eigenvalue weighted by Gasteiger charge is 2.27. The van der Waals surface area contributed by atoms with Gasteiger partial charge >= 0.3 is 0 Å². The molecule has 1 aliphatic rings. The number of hydrogen-bond acceptors (Lipinski definition) is 2. The van der Waals surface area contributed by atoms with E-state index in [1.165, 1.54) is 32.1 Å². The highest BCUT2D eigenvalue weighted by atomic mass is 16.3. The van der Waals surface area contributed by atoms with E-state index in [4.69, 9.17) is 9.90 Å². The fraction of sp³-hybridized carbons (Fsp3) is 0.917. The maximum Gasteiger partial charge on any atom is 0.290 e. The van der Waals surface area contributed by atoms with Gasteiger partial charge in [0, 0.05) is 0 Å². The average molecular weight is 218 g/mol. The van der Waals surface area contributed by atoms with Crippen LogP contribution in [0.25, 0.3) is 0 Å². The van der Waals surface area contributed by atoms with E-state index in [0.717, 1.165) is 0 Å². The summed E-state index contributed by atoms with van der Waals surface area (Å²) in [6, 6.07) is 0. The molecule has 2 N–H and O–H groups in total. The summed E-state index contributed by atoms with van der Waals surface area (Å²) in [7, 11) is 0. The van der Waals surface area contributed by atoms with E-state index in [1.807, 2.05) is 27.7 Å². The summed E-state index contributed by atoms with van der Waals surface area (Å²) in [4.78, 5) is 8.36. The van der Waals surface area contributed by atoms with E-state index in [2.05, 4.69) is 0 Å². The van der Waals surface area contributed by atoms with Crippen LogP contribution in [0.15, 0.2) is 0 Å². The second-order valence-electron chi connectivity index (χ2n) is 4.09. The zero-order chi connectivity index (χ0) is 12.3. The van der Waals surface area contributed by atoms with Gasteiger partial charge in [0.2, 0.25) is 0 Å². The van der Waals surface area contributed by atoms with Crippen LogP contribution in [0.5, 0.6) is 0 Å². The molecule has 0 aromatic carbocycles. The smallest absolute Gasteiger partial charge is 0.290 e. The molecule has 15 heavy (non-hydrogen) atoms. The molecule has 3 nitrogen and oxygen atoms in total. The van der Waals surface area contributed by atoms with Crippen molar-refractivity contribution in [2.45, 2.75) is 65.4 Å². The molecule has 0 atom stereocenters. The van der Waals surface area contributed by atoms with Gasteiger partial charge in [-0.25, -0.2) is 0 Å². The number of hydrogen-bond donors (Lipinski definition) is 2. The van der Waals surface area contributed by atoms with Crippen molar-refractivity contribution in [3.8, 4) is 0 Å². The summed E-state index contributed by atoms with van der Waals surface area (Å²) in [5.74, 6) is 0.557. The monoisotopic (exact) mass is 218 g/mol. The predicted octanol–water partition coefficient (Wildman–Crippen LogP) is 3.06. The molecule has 0 saturated heterocycles. The van der Waals surface area contributed by atoms with E-state index < -0.39 is 5.60 Å². The lowest BCUT2D eigenvalue weighted by molar-refractivity contribution is -0.122. The van der Waals surface area contributed by atoms with E-state index >= 15 is 0 Å². The molecular weight excluding hydrogens is 192 g/mol. The van der Waals surface area contributed by atoms with Gasteiger partial charge in [-0.1, -0.05) is 33.1 Å². The van der Waals surface area contributed by atoms with Gasteiger partial charge in [-0.3, -0.25) is 4.79 Å². The summed E-state index contributed by atoms with van der Waals surface area (Å²) < 4.78 is 0. The van der Waals surface area contributed by atoms with E-state index in [-0.39, 0.29) is 6.47 Å². The number of aliphatic hydroxyl groups is 1. The lowest BCUT2D eigenvalue weighted by Gasteiger charge is -2.32. The molecule has 0 spiro atoms. The normalized spacial score (nSPS) is 16.6. The van der Waals surface area contributed by atoms with Crippen molar-refractivity contribution < 1.29 is 15.0 Å². The minimum atomic E-state index is -0.430. The first kappa shape index (κ1) is 16.8. The SMILES string of the molecule is CC.CC(C)(O)C1CCCCC1.O=CO. The molecule has 0 aliphatic heterocycles. The Morgan fingerprint density at radius 1 is 1.13 bits per heavy atom. The van der Waals surface area contributed by atoms with E-state index in [0.29, 0.717) is 5.92 Å². The van der Waals surface area contributed by atoms with Crippen molar-refractivity contribution >= 4 is 6.47 Å². The molecule has 1 saturated carbocycles. The van der Waals surface area contributed by atoms with E-state index in [9.17, 15) is 5.11 Å². The maximum atomic E-state index is 9.64. The third-order valence-corrected chi connectivity index (χ3v) is 2.60. The van der Waals surface area contributed by atoms with Crippen LogP contribution < -0.4 is 0 Å². The third-order valence-electron chi connectivity index (χ3n) is 2.60. The van der Waals surface area contributed by atoms with Crippen molar-refractivity contribution in [1.29, 1.82) is 0 Å². The quantitative estimate of drug-likeness (QED) is 0.665. The van der Waals surface area contributed by atoms with Crippen molar-refractivity contribution in [2.24, 2.45) is 5.92 Å². The van der Waals surface area contributed by atoms with Crippen LogP contribution in [0.1, 0.15) is 59.8 Å². The average Bonchev–Trinajstić information content (AvgIpc) is 2.22. The number of carboxylic acid groups (broad SMARTS) is 1. The highest BCUT2D eigenvalue weighted by molar-refractivity contribution is 5.32. The summed E-state index contributed by atoms with van der Waals surface area (Å²) >= 11 is 0. The molecule has 0 aromatic heterocycles. The lowest BCUT2D eigenvalue weighted by Crippen LogP contribution is -2.32. The van der Waals surface area contributed by atoms with Crippen LogP contribution in [0.3, 0.4) is 0 Å². The number of carbonyl (C=O) groups is 1. The van der Waals surface area contributed by atoms with Gasteiger partial charge in [-0.15, -0.1) is 0 Å². The second kappa shape index (κ2) is 9.97. The van der Waals surface area contributed by atoms with Gasteiger partial charge in [0.05, 0.1) is 5.60 Å². The lowest BCUT2D eigenvalue weighted by atomic mass is 9.79. The Balaban J connectivity index is 0. The van der Waals surface area contributed by atoms with Crippen LogP contribution in [0.4, 0.5) is 0 Å². The van der Waals surface area contributed by atoms with Gasteiger partial charge in [0.15, 0.2) is 0 Å². The molecule has 0 aromatic rings. The highest BCUT2D eigenvalue weighted by Crippen LogP contribution is 2.31. The van der Waals surface area contributed by atoms with Gasteiger partial charge in [-0.2, -0.15) is 0 Å².